The molecule has 2 aromatic rings. The van der Waals surface area contributed by atoms with Gasteiger partial charge in [-0.15, -0.1) is 0 Å². The van der Waals surface area contributed by atoms with Crippen molar-refractivity contribution in [2.24, 2.45) is 0 Å². The summed E-state index contributed by atoms with van der Waals surface area (Å²) in [5.74, 6) is -0.533. The number of hydrogen-bond acceptors (Lipinski definition) is 3. The van der Waals surface area contributed by atoms with Gasteiger partial charge in [0.15, 0.2) is 0 Å². The Balaban J connectivity index is 2.49. The van der Waals surface area contributed by atoms with Crippen LogP contribution in [-0.2, 0) is 0 Å². The van der Waals surface area contributed by atoms with E-state index in [0.717, 1.165) is 0 Å². The van der Waals surface area contributed by atoms with Crippen LogP contribution in [0.5, 0.6) is 0 Å². The van der Waals surface area contributed by atoms with E-state index in [9.17, 15) is 14.5 Å². The van der Waals surface area contributed by atoms with Gasteiger partial charge in [-0.25, -0.2) is 4.39 Å². The number of nitro benzene ring substituents is 1. The number of nitrogens with zero attached hydrogens (tertiary/aromatic N) is 1. The molecule has 0 saturated heterocycles. The lowest BCUT2D eigenvalue weighted by atomic mass is 10.0. The van der Waals surface area contributed by atoms with Crippen molar-refractivity contribution in [1.29, 1.82) is 0 Å². The second kappa shape index (κ2) is 4.21. The molecule has 0 spiro atoms. The van der Waals surface area contributed by atoms with E-state index in [2.05, 4.69) is 0 Å². The van der Waals surface area contributed by atoms with Crippen LogP contribution < -0.4 is 5.73 Å². The molecule has 17 heavy (non-hydrogen) atoms. The summed E-state index contributed by atoms with van der Waals surface area (Å²) >= 11 is 0. The number of hydrogen-bond donors (Lipinski definition) is 1. The monoisotopic (exact) mass is 232 g/mol. The van der Waals surface area contributed by atoms with E-state index < -0.39 is 10.7 Å². The quantitative estimate of drug-likeness (QED) is 0.491. The first-order chi connectivity index (χ1) is 8.08. The van der Waals surface area contributed by atoms with E-state index in [1.54, 1.807) is 18.2 Å². The summed E-state index contributed by atoms with van der Waals surface area (Å²) in [4.78, 5) is 10.1. The minimum atomic E-state index is -0.533. The van der Waals surface area contributed by atoms with Gasteiger partial charge in [0.25, 0.3) is 5.69 Å². The SMILES string of the molecule is Nc1ccc(-c2cccc([N+](=O)[O-])c2)cc1F. The molecule has 0 heterocycles. The third-order valence-electron chi connectivity index (χ3n) is 2.39. The second-order valence-electron chi connectivity index (χ2n) is 3.54. The number of rotatable bonds is 2. The second-order valence-corrected chi connectivity index (χ2v) is 3.54. The first-order valence-corrected chi connectivity index (χ1v) is 4.88. The molecule has 0 bridgehead atoms. The van der Waals surface area contributed by atoms with E-state index in [-0.39, 0.29) is 11.4 Å². The third kappa shape index (κ3) is 2.23. The molecular weight excluding hydrogens is 223 g/mol. The number of anilines is 1. The number of nitrogens with two attached hydrogens (primary N) is 1. The van der Waals surface area contributed by atoms with Gasteiger partial charge in [-0.3, -0.25) is 10.1 Å². The van der Waals surface area contributed by atoms with Crippen molar-refractivity contribution in [3.8, 4) is 11.1 Å². The van der Waals surface area contributed by atoms with Crippen LogP contribution in [0.3, 0.4) is 0 Å². The molecule has 0 aliphatic carbocycles. The highest BCUT2D eigenvalue weighted by atomic mass is 19.1. The van der Waals surface area contributed by atoms with Crippen molar-refractivity contribution in [1.82, 2.24) is 0 Å². The molecule has 0 saturated carbocycles. The van der Waals surface area contributed by atoms with Crippen molar-refractivity contribution in [2.75, 3.05) is 5.73 Å². The van der Waals surface area contributed by atoms with Crippen LogP contribution >= 0.6 is 0 Å². The van der Waals surface area contributed by atoms with Crippen molar-refractivity contribution >= 4 is 11.4 Å². The van der Waals surface area contributed by atoms with Gasteiger partial charge in [0, 0.05) is 12.1 Å². The fraction of sp³-hybridized carbons (Fsp3) is 0. The van der Waals surface area contributed by atoms with Gasteiger partial charge in [0.2, 0.25) is 0 Å². The summed E-state index contributed by atoms with van der Waals surface area (Å²) in [7, 11) is 0. The van der Waals surface area contributed by atoms with Crippen LogP contribution in [0.25, 0.3) is 11.1 Å². The van der Waals surface area contributed by atoms with E-state index in [0.29, 0.717) is 11.1 Å². The fourth-order valence-electron chi connectivity index (χ4n) is 1.51. The number of nitrogen functional groups attached to an aromatic ring is 1. The lowest BCUT2D eigenvalue weighted by molar-refractivity contribution is -0.384. The number of nitro groups is 1. The Labute approximate surface area is 96.6 Å². The van der Waals surface area contributed by atoms with Gasteiger partial charge in [0.1, 0.15) is 5.82 Å². The Morgan fingerprint density at radius 3 is 2.47 bits per heavy atom. The summed E-state index contributed by atoms with van der Waals surface area (Å²) in [5, 5.41) is 10.6. The maximum atomic E-state index is 13.3. The van der Waals surface area contributed by atoms with Crippen molar-refractivity contribution in [3.05, 3.63) is 58.4 Å². The zero-order valence-corrected chi connectivity index (χ0v) is 8.76. The Hall–Kier alpha value is -2.43. The molecule has 0 radical (unpaired) electrons. The molecule has 0 amide bonds. The predicted molar refractivity (Wildman–Crippen MR) is 62.9 cm³/mol. The predicted octanol–water partition coefficient (Wildman–Crippen LogP) is 2.98. The van der Waals surface area contributed by atoms with Gasteiger partial charge in [0.05, 0.1) is 10.6 Å². The molecule has 0 aliphatic heterocycles. The van der Waals surface area contributed by atoms with Crippen molar-refractivity contribution in [2.45, 2.75) is 0 Å². The highest BCUT2D eigenvalue weighted by Gasteiger charge is 2.08. The smallest absolute Gasteiger partial charge is 0.270 e. The topological polar surface area (TPSA) is 69.2 Å². The van der Waals surface area contributed by atoms with Gasteiger partial charge in [-0.2, -0.15) is 0 Å². The zero-order valence-electron chi connectivity index (χ0n) is 8.76. The summed E-state index contributed by atoms with van der Waals surface area (Å²) < 4.78 is 13.3. The van der Waals surface area contributed by atoms with E-state index in [1.165, 1.54) is 24.3 Å². The summed E-state index contributed by atoms with van der Waals surface area (Å²) in [6.07, 6.45) is 0. The highest BCUT2D eigenvalue weighted by molar-refractivity contribution is 5.68. The molecule has 0 atom stereocenters. The van der Waals surface area contributed by atoms with E-state index >= 15 is 0 Å². The normalized spacial score (nSPS) is 10.2. The molecule has 2 N–H and O–H groups in total. The van der Waals surface area contributed by atoms with E-state index in [4.69, 9.17) is 5.73 Å². The highest BCUT2D eigenvalue weighted by Crippen LogP contribution is 2.25. The average molecular weight is 232 g/mol. The lowest BCUT2D eigenvalue weighted by Gasteiger charge is -2.03. The maximum Gasteiger partial charge on any atom is 0.270 e. The number of non-ortho nitro benzene ring substituents is 1. The lowest BCUT2D eigenvalue weighted by Crippen LogP contribution is -1.91. The summed E-state index contributed by atoms with van der Waals surface area (Å²) in [5.41, 5.74) is 6.53. The Kier molecular flexibility index (Phi) is 2.74. The van der Waals surface area contributed by atoms with Gasteiger partial charge in [-0.05, 0) is 23.3 Å². The molecule has 5 heteroatoms. The summed E-state index contributed by atoms with van der Waals surface area (Å²) in [6.45, 7) is 0. The first-order valence-electron chi connectivity index (χ1n) is 4.88. The molecule has 2 aromatic carbocycles. The number of halogens is 1. The number of benzene rings is 2. The maximum absolute atomic E-state index is 13.3. The minimum Gasteiger partial charge on any atom is -0.396 e. The molecule has 4 nitrogen and oxygen atoms in total. The van der Waals surface area contributed by atoms with Crippen molar-refractivity contribution < 1.29 is 9.31 Å². The Morgan fingerprint density at radius 2 is 1.82 bits per heavy atom. The van der Waals surface area contributed by atoms with Gasteiger partial charge in [-0.1, -0.05) is 18.2 Å². The molecule has 0 aliphatic rings. The summed E-state index contributed by atoms with van der Waals surface area (Å²) in [6, 6.07) is 10.3. The zero-order chi connectivity index (χ0) is 12.4. The molecule has 0 fully saturated rings. The molecule has 86 valence electrons. The van der Waals surface area contributed by atoms with Crippen LogP contribution in [0, 0.1) is 15.9 Å². The van der Waals surface area contributed by atoms with Crippen LogP contribution in [0.1, 0.15) is 0 Å². The van der Waals surface area contributed by atoms with Crippen molar-refractivity contribution in [3.63, 3.8) is 0 Å². The molecule has 0 aromatic heterocycles. The minimum absolute atomic E-state index is 0.0280. The fourth-order valence-corrected chi connectivity index (χ4v) is 1.51. The average Bonchev–Trinajstić information content (AvgIpc) is 2.33. The standard InChI is InChI=1S/C12H9FN2O2/c13-11-7-9(4-5-12(11)14)8-2-1-3-10(6-8)15(16)17/h1-7H,14H2. The third-order valence-corrected chi connectivity index (χ3v) is 2.39. The Bertz CT molecular complexity index is 584. The van der Waals surface area contributed by atoms with Gasteiger partial charge < -0.3 is 5.73 Å². The van der Waals surface area contributed by atoms with E-state index in [1.807, 2.05) is 0 Å². The first kappa shape index (κ1) is 11.1. The molecule has 2 rings (SSSR count). The largest absolute Gasteiger partial charge is 0.396 e. The van der Waals surface area contributed by atoms with Crippen LogP contribution in [0.15, 0.2) is 42.5 Å². The Morgan fingerprint density at radius 1 is 1.12 bits per heavy atom. The van der Waals surface area contributed by atoms with Crippen LogP contribution in [0.2, 0.25) is 0 Å². The van der Waals surface area contributed by atoms with Gasteiger partial charge >= 0.3 is 0 Å². The van der Waals surface area contributed by atoms with Crippen LogP contribution in [-0.4, -0.2) is 4.92 Å². The van der Waals surface area contributed by atoms with Crippen LogP contribution in [0.4, 0.5) is 15.8 Å². The molecular formula is C12H9FN2O2. The molecule has 0 unspecified atom stereocenters.